The van der Waals surface area contributed by atoms with E-state index in [0.717, 1.165) is 25.2 Å². The van der Waals surface area contributed by atoms with Crippen LogP contribution in [0.15, 0.2) is 18.2 Å². The van der Waals surface area contributed by atoms with Gasteiger partial charge in [-0.2, -0.15) is 0 Å². The quantitative estimate of drug-likeness (QED) is 0.866. The number of hydrogen-bond acceptors (Lipinski definition) is 3. The van der Waals surface area contributed by atoms with E-state index in [0.29, 0.717) is 25.3 Å². The molecule has 0 aliphatic carbocycles. The Bertz CT molecular complexity index is 589. The first-order valence-corrected chi connectivity index (χ1v) is 8.18. The molecule has 5 heteroatoms. The molecule has 2 saturated heterocycles. The van der Waals surface area contributed by atoms with Crippen molar-refractivity contribution in [1.82, 2.24) is 9.80 Å². The number of benzene rings is 1. The topological polar surface area (TPSA) is 44.8 Å². The van der Waals surface area contributed by atoms with Crippen molar-refractivity contribution in [2.45, 2.75) is 44.6 Å². The molecular formula is C17H23N3O2. The maximum absolute atomic E-state index is 12.6. The monoisotopic (exact) mass is 301 g/mol. The first-order chi connectivity index (χ1) is 10.7. The van der Waals surface area contributed by atoms with Crippen LogP contribution in [0.2, 0.25) is 0 Å². The second-order valence-corrected chi connectivity index (χ2v) is 6.69. The van der Waals surface area contributed by atoms with Crippen molar-refractivity contribution >= 4 is 11.7 Å². The normalized spacial score (nSPS) is 27.6. The average molecular weight is 301 g/mol. The zero-order valence-electron chi connectivity index (χ0n) is 13.0. The fraction of sp³-hybridized carbons (Fsp3) is 0.588. The van der Waals surface area contributed by atoms with E-state index in [4.69, 9.17) is 4.74 Å². The number of carbonyl (C=O) groups is 1. The Hall–Kier alpha value is -1.59. The minimum absolute atomic E-state index is 0.0276. The number of urea groups is 1. The Labute approximate surface area is 131 Å². The second-order valence-electron chi connectivity index (χ2n) is 6.69. The molecule has 2 amide bonds. The molecule has 22 heavy (non-hydrogen) atoms. The maximum atomic E-state index is 12.6. The molecule has 0 radical (unpaired) electrons. The molecule has 5 nitrogen and oxygen atoms in total. The summed E-state index contributed by atoms with van der Waals surface area (Å²) in [6, 6.07) is 7.26. The van der Waals surface area contributed by atoms with Crippen molar-refractivity contribution in [3.05, 3.63) is 29.3 Å². The fourth-order valence-corrected chi connectivity index (χ4v) is 3.95. The number of carbonyl (C=O) groups excluding carboxylic acids is 1. The van der Waals surface area contributed by atoms with Gasteiger partial charge >= 0.3 is 6.03 Å². The van der Waals surface area contributed by atoms with Gasteiger partial charge in [0, 0.05) is 30.9 Å². The lowest BCUT2D eigenvalue weighted by Crippen LogP contribution is -2.41. The van der Waals surface area contributed by atoms with Gasteiger partial charge in [0.1, 0.15) is 0 Å². The van der Waals surface area contributed by atoms with Crippen molar-refractivity contribution in [1.29, 1.82) is 0 Å². The number of rotatable bonds is 1. The smallest absolute Gasteiger partial charge is 0.321 e. The number of fused-ring (bicyclic) bond motifs is 3. The summed E-state index contributed by atoms with van der Waals surface area (Å²) in [6.45, 7) is 3.03. The predicted octanol–water partition coefficient (Wildman–Crippen LogP) is 2.42. The van der Waals surface area contributed by atoms with Crippen LogP contribution in [0.4, 0.5) is 10.5 Å². The van der Waals surface area contributed by atoms with E-state index in [1.165, 1.54) is 24.0 Å². The highest BCUT2D eigenvalue weighted by molar-refractivity contribution is 5.89. The summed E-state index contributed by atoms with van der Waals surface area (Å²) in [5.74, 6) is 0. The van der Waals surface area contributed by atoms with Crippen molar-refractivity contribution in [3.63, 3.8) is 0 Å². The summed E-state index contributed by atoms with van der Waals surface area (Å²) >= 11 is 0. The Balaban J connectivity index is 1.44. The van der Waals surface area contributed by atoms with Crippen LogP contribution >= 0.6 is 0 Å². The lowest BCUT2D eigenvalue weighted by Gasteiger charge is -2.26. The fourth-order valence-electron chi connectivity index (χ4n) is 3.95. The number of ether oxygens (including phenoxy) is 1. The van der Waals surface area contributed by atoms with E-state index < -0.39 is 0 Å². The van der Waals surface area contributed by atoms with Crippen LogP contribution in [-0.4, -0.2) is 48.1 Å². The zero-order valence-corrected chi connectivity index (χ0v) is 13.0. The molecule has 2 atom stereocenters. The molecule has 3 aliphatic rings. The summed E-state index contributed by atoms with van der Waals surface area (Å²) in [4.78, 5) is 17.0. The molecule has 0 saturated carbocycles. The van der Waals surface area contributed by atoms with Crippen LogP contribution in [0.3, 0.4) is 0 Å². The van der Waals surface area contributed by atoms with Crippen LogP contribution in [0, 0.1) is 0 Å². The summed E-state index contributed by atoms with van der Waals surface area (Å²) in [7, 11) is 2.20. The summed E-state index contributed by atoms with van der Waals surface area (Å²) < 4.78 is 5.42. The van der Waals surface area contributed by atoms with E-state index in [1.807, 2.05) is 17.0 Å². The highest BCUT2D eigenvalue weighted by atomic mass is 16.5. The molecule has 1 aromatic rings. The van der Waals surface area contributed by atoms with Crippen molar-refractivity contribution in [3.8, 4) is 0 Å². The summed E-state index contributed by atoms with van der Waals surface area (Å²) in [5.41, 5.74) is 3.29. The zero-order chi connectivity index (χ0) is 15.1. The van der Waals surface area contributed by atoms with Crippen LogP contribution in [0.25, 0.3) is 0 Å². The maximum Gasteiger partial charge on any atom is 0.321 e. The molecule has 1 aromatic carbocycles. The van der Waals surface area contributed by atoms with Gasteiger partial charge in [0.25, 0.3) is 0 Å². The van der Waals surface area contributed by atoms with E-state index >= 15 is 0 Å². The van der Waals surface area contributed by atoms with Gasteiger partial charge in [-0.1, -0.05) is 6.07 Å². The molecular weight excluding hydrogens is 278 g/mol. The minimum Gasteiger partial charge on any atom is -0.372 e. The van der Waals surface area contributed by atoms with Crippen LogP contribution in [-0.2, 0) is 18.0 Å². The first kappa shape index (κ1) is 14.0. The van der Waals surface area contributed by atoms with Crippen LogP contribution < -0.4 is 5.32 Å². The standard InChI is InChI=1S/C17H23N3O2/c1-19-15-4-5-16(19)9-20(7-6-15)17(21)18-14-3-2-12-10-22-11-13(12)8-14/h2-3,8,15-16H,4-7,9-11H2,1H3,(H,18,21)/t15-,16+/m1/s1. The number of nitrogens with zero attached hydrogens (tertiary/aromatic N) is 2. The van der Waals surface area contributed by atoms with Gasteiger partial charge in [0.05, 0.1) is 13.2 Å². The third kappa shape index (κ3) is 2.48. The van der Waals surface area contributed by atoms with Crippen molar-refractivity contribution in [2.75, 3.05) is 25.5 Å². The molecule has 0 unspecified atom stereocenters. The number of anilines is 1. The number of hydrogen-bond donors (Lipinski definition) is 1. The second kappa shape index (κ2) is 5.56. The molecule has 3 heterocycles. The summed E-state index contributed by atoms with van der Waals surface area (Å²) in [5, 5.41) is 3.06. The molecule has 2 fully saturated rings. The van der Waals surface area contributed by atoms with Crippen LogP contribution in [0.5, 0.6) is 0 Å². The van der Waals surface area contributed by atoms with E-state index in [1.54, 1.807) is 0 Å². The van der Waals surface area contributed by atoms with Crippen molar-refractivity contribution in [2.24, 2.45) is 0 Å². The number of likely N-dealkylation sites (tertiary alicyclic amines) is 1. The van der Waals surface area contributed by atoms with E-state index in [-0.39, 0.29) is 6.03 Å². The predicted molar refractivity (Wildman–Crippen MR) is 84.7 cm³/mol. The van der Waals surface area contributed by atoms with Gasteiger partial charge in [-0.25, -0.2) is 4.79 Å². The highest BCUT2D eigenvalue weighted by Gasteiger charge is 2.35. The molecule has 3 aliphatic heterocycles. The number of likely N-dealkylation sites (N-methyl/N-ethyl adjacent to an activating group) is 1. The van der Waals surface area contributed by atoms with Gasteiger partial charge in [-0.3, -0.25) is 4.90 Å². The number of amides is 2. The molecule has 0 spiro atoms. The van der Waals surface area contributed by atoms with E-state index in [2.05, 4.69) is 23.3 Å². The van der Waals surface area contributed by atoms with E-state index in [9.17, 15) is 4.79 Å². The molecule has 2 bridgehead atoms. The largest absolute Gasteiger partial charge is 0.372 e. The number of nitrogens with one attached hydrogen (secondary N) is 1. The molecule has 1 N–H and O–H groups in total. The van der Waals surface area contributed by atoms with Crippen molar-refractivity contribution < 1.29 is 9.53 Å². The summed E-state index contributed by atoms with van der Waals surface area (Å²) in [6.07, 6.45) is 3.57. The Morgan fingerprint density at radius 1 is 1.18 bits per heavy atom. The lowest BCUT2D eigenvalue weighted by atomic mass is 10.1. The minimum atomic E-state index is 0.0276. The first-order valence-electron chi connectivity index (χ1n) is 8.18. The van der Waals surface area contributed by atoms with Gasteiger partial charge in [0.2, 0.25) is 0 Å². The Morgan fingerprint density at radius 3 is 2.91 bits per heavy atom. The third-order valence-electron chi connectivity index (χ3n) is 5.41. The van der Waals surface area contributed by atoms with Crippen LogP contribution in [0.1, 0.15) is 30.4 Å². The van der Waals surface area contributed by atoms with Gasteiger partial charge in [-0.15, -0.1) is 0 Å². The molecule has 4 rings (SSSR count). The van der Waals surface area contributed by atoms with Gasteiger partial charge < -0.3 is 15.0 Å². The van der Waals surface area contributed by atoms with Gasteiger partial charge in [-0.05, 0) is 49.6 Å². The Morgan fingerprint density at radius 2 is 2.00 bits per heavy atom. The Kier molecular flexibility index (Phi) is 3.54. The average Bonchev–Trinajstić information content (AvgIpc) is 3.03. The molecule has 0 aromatic heterocycles. The lowest BCUT2D eigenvalue weighted by molar-refractivity contribution is 0.134. The highest BCUT2D eigenvalue weighted by Crippen LogP contribution is 2.29. The molecule has 118 valence electrons. The SMILES string of the molecule is CN1[C@@H]2CC[C@H]1CN(C(=O)Nc1ccc3c(c1)COC3)CC2. The third-order valence-corrected chi connectivity index (χ3v) is 5.41. The van der Waals surface area contributed by atoms with Gasteiger partial charge in [0.15, 0.2) is 0 Å².